The predicted molar refractivity (Wildman–Crippen MR) is 83.0 cm³/mol. The zero-order valence-corrected chi connectivity index (χ0v) is 13.3. The number of halogens is 1. The van der Waals surface area contributed by atoms with Gasteiger partial charge in [0.2, 0.25) is 0 Å². The van der Waals surface area contributed by atoms with Gasteiger partial charge in [-0.3, -0.25) is 4.79 Å². The lowest BCUT2D eigenvalue weighted by molar-refractivity contribution is 0.0934. The molecule has 0 radical (unpaired) electrons. The van der Waals surface area contributed by atoms with Crippen LogP contribution in [0, 0.1) is 13.8 Å². The average molecular weight is 324 g/mol. The summed E-state index contributed by atoms with van der Waals surface area (Å²) in [5, 5.41) is 3.21. The van der Waals surface area contributed by atoms with Crippen LogP contribution in [0.15, 0.2) is 18.2 Å². The van der Waals surface area contributed by atoms with Crippen molar-refractivity contribution in [3.63, 3.8) is 0 Å². The highest BCUT2D eigenvalue weighted by atomic mass is 79.9. The van der Waals surface area contributed by atoms with Crippen LogP contribution in [0.25, 0.3) is 0 Å². The molecule has 19 heavy (non-hydrogen) atoms. The first-order chi connectivity index (χ1) is 9.09. The molecule has 0 saturated heterocycles. The summed E-state index contributed by atoms with van der Waals surface area (Å²) in [5.41, 5.74) is 3.06. The normalized spacial score (nSPS) is 23.7. The smallest absolute Gasteiger partial charge is 0.251 e. The highest BCUT2D eigenvalue weighted by Gasteiger charge is 2.23. The Bertz CT molecular complexity index is 458. The molecule has 0 aliphatic heterocycles. The number of amides is 1. The van der Waals surface area contributed by atoms with Gasteiger partial charge in [0.05, 0.1) is 0 Å². The molecule has 1 aromatic carbocycles. The number of carbonyl (C=O) groups is 1. The third-order valence-corrected chi connectivity index (χ3v) is 5.19. The molecule has 0 spiro atoms. The van der Waals surface area contributed by atoms with E-state index in [1.807, 2.05) is 32.0 Å². The number of hydrogen-bond acceptors (Lipinski definition) is 1. The fourth-order valence-corrected chi connectivity index (χ4v) is 3.39. The minimum atomic E-state index is 0.0672. The van der Waals surface area contributed by atoms with Crippen molar-refractivity contribution in [3.8, 4) is 0 Å². The Kier molecular flexibility index (Phi) is 5.03. The van der Waals surface area contributed by atoms with Crippen molar-refractivity contribution in [1.82, 2.24) is 5.32 Å². The summed E-state index contributed by atoms with van der Waals surface area (Å²) >= 11 is 3.72. The molecular weight excluding hydrogens is 302 g/mol. The molecule has 1 aliphatic carbocycles. The number of rotatable bonds is 2. The molecule has 0 aromatic heterocycles. The summed E-state index contributed by atoms with van der Waals surface area (Å²) < 4.78 is 0. The third kappa shape index (κ3) is 3.59. The van der Waals surface area contributed by atoms with Crippen LogP contribution in [0.4, 0.5) is 0 Å². The van der Waals surface area contributed by atoms with Crippen molar-refractivity contribution in [2.45, 2.75) is 56.8 Å². The minimum absolute atomic E-state index is 0.0672. The number of hydrogen-bond donors (Lipinski definition) is 1. The quantitative estimate of drug-likeness (QED) is 0.643. The molecule has 1 saturated carbocycles. The first-order valence-electron chi connectivity index (χ1n) is 7.10. The summed E-state index contributed by atoms with van der Waals surface area (Å²) in [7, 11) is 0. The van der Waals surface area contributed by atoms with Gasteiger partial charge >= 0.3 is 0 Å². The minimum Gasteiger partial charge on any atom is -0.348 e. The Morgan fingerprint density at radius 2 is 1.95 bits per heavy atom. The monoisotopic (exact) mass is 323 g/mol. The summed E-state index contributed by atoms with van der Waals surface area (Å²) in [6.45, 7) is 4.06. The average Bonchev–Trinajstić information content (AvgIpc) is 2.58. The van der Waals surface area contributed by atoms with E-state index >= 15 is 0 Å². The molecule has 0 bridgehead atoms. The van der Waals surface area contributed by atoms with Crippen LogP contribution in [0.2, 0.25) is 0 Å². The fourth-order valence-electron chi connectivity index (χ4n) is 2.67. The van der Waals surface area contributed by atoms with Crippen LogP contribution in [0.1, 0.15) is 53.6 Å². The number of nitrogens with one attached hydrogen (secondary N) is 1. The largest absolute Gasteiger partial charge is 0.348 e. The van der Waals surface area contributed by atoms with Crippen LogP contribution in [-0.2, 0) is 0 Å². The van der Waals surface area contributed by atoms with Gasteiger partial charge in [-0.05, 0) is 43.9 Å². The van der Waals surface area contributed by atoms with E-state index in [1.165, 1.54) is 24.8 Å². The zero-order valence-electron chi connectivity index (χ0n) is 11.7. The van der Waals surface area contributed by atoms with Crippen LogP contribution >= 0.6 is 15.9 Å². The van der Waals surface area contributed by atoms with Crippen molar-refractivity contribution in [2.75, 3.05) is 0 Å². The molecule has 104 valence electrons. The van der Waals surface area contributed by atoms with Crippen LogP contribution in [-0.4, -0.2) is 16.8 Å². The molecule has 2 atom stereocenters. The van der Waals surface area contributed by atoms with Gasteiger partial charge in [-0.15, -0.1) is 0 Å². The molecular formula is C16H22BrNO. The highest BCUT2D eigenvalue weighted by molar-refractivity contribution is 9.09. The molecule has 2 unspecified atom stereocenters. The second kappa shape index (κ2) is 6.56. The van der Waals surface area contributed by atoms with E-state index in [2.05, 4.69) is 21.2 Å². The number of alkyl halides is 1. The molecule has 1 N–H and O–H groups in total. The highest BCUT2D eigenvalue weighted by Crippen LogP contribution is 2.24. The Balaban J connectivity index is 2.09. The molecule has 1 fully saturated rings. The first-order valence-corrected chi connectivity index (χ1v) is 8.02. The summed E-state index contributed by atoms with van der Waals surface area (Å²) in [5.74, 6) is 0.0672. The van der Waals surface area contributed by atoms with Gasteiger partial charge in [0.1, 0.15) is 0 Å². The van der Waals surface area contributed by atoms with Crippen molar-refractivity contribution in [3.05, 3.63) is 34.9 Å². The lowest BCUT2D eigenvalue weighted by atomic mass is 10.0. The van der Waals surface area contributed by atoms with E-state index in [0.717, 1.165) is 24.0 Å². The van der Waals surface area contributed by atoms with E-state index in [4.69, 9.17) is 0 Å². The van der Waals surface area contributed by atoms with Gasteiger partial charge in [0.25, 0.3) is 5.91 Å². The molecule has 1 aliphatic rings. The summed E-state index contributed by atoms with van der Waals surface area (Å²) in [6.07, 6.45) is 5.97. The predicted octanol–water partition coefficient (Wildman–Crippen LogP) is 4.13. The van der Waals surface area contributed by atoms with Crippen LogP contribution < -0.4 is 5.32 Å². The Hall–Kier alpha value is -0.830. The summed E-state index contributed by atoms with van der Waals surface area (Å²) in [6, 6.07) is 6.17. The lowest BCUT2D eigenvalue weighted by Gasteiger charge is -2.22. The van der Waals surface area contributed by atoms with Gasteiger partial charge in [-0.1, -0.05) is 47.3 Å². The second-order valence-corrected chi connectivity index (χ2v) is 6.66. The molecule has 1 amide bonds. The standard InChI is InChI=1S/C16H22BrNO/c1-11-7-6-8-13(12(11)2)16(19)18-15-10-5-3-4-9-14(15)17/h6-8,14-15H,3-5,9-10H2,1-2H3,(H,18,19). The van der Waals surface area contributed by atoms with Gasteiger partial charge < -0.3 is 5.32 Å². The fraction of sp³-hybridized carbons (Fsp3) is 0.562. The Morgan fingerprint density at radius 3 is 2.74 bits per heavy atom. The third-order valence-electron chi connectivity index (χ3n) is 4.10. The van der Waals surface area contributed by atoms with E-state index in [0.29, 0.717) is 4.83 Å². The zero-order chi connectivity index (χ0) is 13.8. The van der Waals surface area contributed by atoms with Gasteiger partial charge in [-0.2, -0.15) is 0 Å². The molecule has 3 heteroatoms. The molecule has 2 nitrogen and oxygen atoms in total. The number of aryl methyl sites for hydroxylation is 1. The second-order valence-electron chi connectivity index (χ2n) is 5.48. The maximum Gasteiger partial charge on any atom is 0.251 e. The van der Waals surface area contributed by atoms with E-state index in [9.17, 15) is 4.79 Å². The van der Waals surface area contributed by atoms with Gasteiger partial charge in [0, 0.05) is 16.4 Å². The van der Waals surface area contributed by atoms with Crippen molar-refractivity contribution in [1.29, 1.82) is 0 Å². The molecule has 1 aromatic rings. The van der Waals surface area contributed by atoms with E-state index in [-0.39, 0.29) is 11.9 Å². The van der Waals surface area contributed by atoms with Crippen molar-refractivity contribution in [2.24, 2.45) is 0 Å². The van der Waals surface area contributed by atoms with Crippen molar-refractivity contribution < 1.29 is 4.79 Å². The summed E-state index contributed by atoms with van der Waals surface area (Å²) in [4.78, 5) is 12.8. The maximum atomic E-state index is 12.4. The molecule has 0 heterocycles. The van der Waals surface area contributed by atoms with Gasteiger partial charge in [-0.25, -0.2) is 0 Å². The van der Waals surface area contributed by atoms with Crippen molar-refractivity contribution >= 4 is 21.8 Å². The maximum absolute atomic E-state index is 12.4. The Labute approximate surface area is 124 Å². The first kappa shape index (κ1) is 14.6. The topological polar surface area (TPSA) is 29.1 Å². The SMILES string of the molecule is Cc1cccc(C(=O)NC2CCCCCC2Br)c1C. The van der Waals surface area contributed by atoms with E-state index < -0.39 is 0 Å². The van der Waals surface area contributed by atoms with Crippen LogP contribution in [0.3, 0.4) is 0 Å². The van der Waals surface area contributed by atoms with Crippen LogP contribution in [0.5, 0.6) is 0 Å². The Morgan fingerprint density at radius 1 is 1.21 bits per heavy atom. The molecule has 2 rings (SSSR count). The van der Waals surface area contributed by atoms with E-state index in [1.54, 1.807) is 0 Å². The number of carbonyl (C=O) groups excluding carboxylic acids is 1. The van der Waals surface area contributed by atoms with Gasteiger partial charge in [0.15, 0.2) is 0 Å². The lowest BCUT2D eigenvalue weighted by Crippen LogP contribution is -2.40. The number of benzene rings is 1.